The second-order valence-corrected chi connectivity index (χ2v) is 3.08. The fourth-order valence-corrected chi connectivity index (χ4v) is 1.59. The van der Waals surface area contributed by atoms with Gasteiger partial charge in [-0.2, -0.15) is 0 Å². The summed E-state index contributed by atoms with van der Waals surface area (Å²) in [6.45, 7) is 3.79. The van der Waals surface area contributed by atoms with Gasteiger partial charge in [-0.25, -0.2) is 4.79 Å². The summed E-state index contributed by atoms with van der Waals surface area (Å²) in [6, 6.07) is 3.28. The van der Waals surface area contributed by atoms with E-state index in [0.29, 0.717) is 5.56 Å². The highest BCUT2D eigenvalue weighted by molar-refractivity contribution is 5.90. The maximum atomic E-state index is 10.8. The van der Waals surface area contributed by atoms with Gasteiger partial charge in [-0.1, -0.05) is 6.92 Å². The van der Waals surface area contributed by atoms with Crippen LogP contribution in [-0.4, -0.2) is 18.2 Å². The van der Waals surface area contributed by atoms with Crippen LogP contribution in [0.5, 0.6) is 5.75 Å². The van der Waals surface area contributed by atoms with Gasteiger partial charge in [0.05, 0.1) is 12.7 Å². The molecule has 1 aromatic rings. The third-order valence-electron chi connectivity index (χ3n) is 2.36. The topological polar surface area (TPSA) is 46.5 Å². The van der Waals surface area contributed by atoms with Crippen molar-refractivity contribution in [3.8, 4) is 5.75 Å². The first-order valence-electron chi connectivity index (χ1n) is 4.51. The lowest BCUT2D eigenvalue weighted by Gasteiger charge is -2.11. The summed E-state index contributed by atoms with van der Waals surface area (Å²) in [7, 11) is 1.59. The third-order valence-corrected chi connectivity index (χ3v) is 2.36. The molecule has 1 aromatic carbocycles. The van der Waals surface area contributed by atoms with Gasteiger partial charge in [-0.3, -0.25) is 0 Å². The quantitative estimate of drug-likeness (QED) is 0.802. The van der Waals surface area contributed by atoms with Crippen molar-refractivity contribution < 1.29 is 14.6 Å². The minimum Gasteiger partial charge on any atom is -0.496 e. The van der Waals surface area contributed by atoms with Gasteiger partial charge in [0.1, 0.15) is 5.75 Å². The van der Waals surface area contributed by atoms with Crippen molar-refractivity contribution in [2.75, 3.05) is 7.11 Å². The second kappa shape index (κ2) is 4.13. The lowest BCUT2D eigenvalue weighted by molar-refractivity contribution is 0.0696. The highest BCUT2D eigenvalue weighted by Crippen LogP contribution is 2.25. The van der Waals surface area contributed by atoms with Gasteiger partial charge in [0, 0.05) is 0 Å². The SMILES string of the molecule is CCc1c(OC)ccc(C(=O)O)c1C. The first-order chi connectivity index (χ1) is 6.61. The highest BCUT2D eigenvalue weighted by atomic mass is 16.5. The number of ether oxygens (including phenoxy) is 1. The van der Waals surface area contributed by atoms with Gasteiger partial charge in [-0.15, -0.1) is 0 Å². The smallest absolute Gasteiger partial charge is 0.335 e. The Balaban J connectivity index is 3.34. The molecule has 0 aromatic heterocycles. The van der Waals surface area contributed by atoms with Gasteiger partial charge < -0.3 is 9.84 Å². The standard InChI is InChI=1S/C11H14O3/c1-4-8-7(2)9(11(12)13)5-6-10(8)14-3/h5-6H,4H2,1-3H3,(H,12,13). The largest absolute Gasteiger partial charge is 0.496 e. The van der Waals surface area contributed by atoms with Gasteiger partial charge in [0.2, 0.25) is 0 Å². The number of benzene rings is 1. The number of aromatic carboxylic acids is 1. The first-order valence-corrected chi connectivity index (χ1v) is 4.51. The zero-order valence-corrected chi connectivity index (χ0v) is 8.63. The van der Waals surface area contributed by atoms with E-state index in [0.717, 1.165) is 23.3 Å². The van der Waals surface area contributed by atoms with Gasteiger partial charge >= 0.3 is 5.97 Å². The van der Waals surface area contributed by atoms with Crippen molar-refractivity contribution in [1.82, 2.24) is 0 Å². The van der Waals surface area contributed by atoms with Crippen molar-refractivity contribution in [2.45, 2.75) is 20.3 Å². The number of carboxylic acid groups (broad SMARTS) is 1. The Morgan fingerprint density at radius 1 is 1.50 bits per heavy atom. The molecule has 0 aliphatic rings. The molecule has 3 nitrogen and oxygen atoms in total. The van der Waals surface area contributed by atoms with Crippen molar-refractivity contribution in [1.29, 1.82) is 0 Å². The van der Waals surface area contributed by atoms with E-state index in [1.807, 2.05) is 13.8 Å². The van der Waals surface area contributed by atoms with Gasteiger partial charge in [0.15, 0.2) is 0 Å². The van der Waals surface area contributed by atoms with Crippen LogP contribution in [-0.2, 0) is 6.42 Å². The molecule has 0 amide bonds. The molecule has 0 fully saturated rings. The van der Waals surface area contributed by atoms with Gasteiger partial charge in [0.25, 0.3) is 0 Å². The Kier molecular flexibility index (Phi) is 3.12. The summed E-state index contributed by atoms with van der Waals surface area (Å²) in [5.41, 5.74) is 2.11. The van der Waals surface area contributed by atoms with E-state index in [2.05, 4.69) is 0 Å². The molecule has 1 N–H and O–H groups in total. The summed E-state index contributed by atoms with van der Waals surface area (Å²) in [4.78, 5) is 10.8. The summed E-state index contributed by atoms with van der Waals surface area (Å²) >= 11 is 0. The number of methoxy groups -OCH3 is 1. The average molecular weight is 194 g/mol. The molecule has 1 rings (SSSR count). The number of hydrogen-bond acceptors (Lipinski definition) is 2. The zero-order valence-electron chi connectivity index (χ0n) is 8.63. The molecule has 0 aliphatic heterocycles. The van der Waals surface area contributed by atoms with Crippen LogP contribution in [0.15, 0.2) is 12.1 Å². The number of rotatable bonds is 3. The second-order valence-electron chi connectivity index (χ2n) is 3.08. The lowest BCUT2D eigenvalue weighted by Crippen LogP contribution is -2.04. The van der Waals surface area contributed by atoms with Crippen LogP contribution >= 0.6 is 0 Å². The fourth-order valence-electron chi connectivity index (χ4n) is 1.59. The highest BCUT2D eigenvalue weighted by Gasteiger charge is 2.13. The van der Waals surface area contributed by atoms with E-state index < -0.39 is 5.97 Å². The van der Waals surface area contributed by atoms with Crippen molar-refractivity contribution in [3.63, 3.8) is 0 Å². The van der Waals surface area contributed by atoms with Crippen LogP contribution in [0.4, 0.5) is 0 Å². The molecule has 0 atom stereocenters. The van der Waals surface area contributed by atoms with Crippen LogP contribution in [0.3, 0.4) is 0 Å². The third kappa shape index (κ3) is 1.71. The van der Waals surface area contributed by atoms with E-state index in [4.69, 9.17) is 9.84 Å². The molecule has 0 aliphatic carbocycles. The molecular formula is C11H14O3. The molecule has 0 saturated carbocycles. The van der Waals surface area contributed by atoms with Crippen LogP contribution in [0.1, 0.15) is 28.4 Å². The van der Waals surface area contributed by atoms with Crippen molar-refractivity contribution >= 4 is 5.97 Å². The summed E-state index contributed by atoms with van der Waals surface area (Å²) in [6.07, 6.45) is 0.774. The number of hydrogen-bond donors (Lipinski definition) is 1. The van der Waals surface area contributed by atoms with E-state index >= 15 is 0 Å². The Hall–Kier alpha value is -1.51. The molecule has 14 heavy (non-hydrogen) atoms. The average Bonchev–Trinajstić information content (AvgIpc) is 2.16. The van der Waals surface area contributed by atoms with E-state index in [1.165, 1.54) is 0 Å². The summed E-state index contributed by atoms with van der Waals surface area (Å²) in [5.74, 6) is -0.130. The predicted molar refractivity (Wildman–Crippen MR) is 54.1 cm³/mol. The zero-order chi connectivity index (χ0) is 10.7. The molecular weight excluding hydrogens is 180 g/mol. The Bertz CT molecular complexity index is 356. The van der Waals surface area contributed by atoms with E-state index in [9.17, 15) is 4.79 Å². The maximum absolute atomic E-state index is 10.8. The molecule has 0 radical (unpaired) electrons. The van der Waals surface area contributed by atoms with Crippen LogP contribution in [0, 0.1) is 6.92 Å². The maximum Gasteiger partial charge on any atom is 0.335 e. The van der Waals surface area contributed by atoms with Crippen LogP contribution < -0.4 is 4.74 Å². The molecule has 0 saturated heterocycles. The van der Waals surface area contributed by atoms with Crippen LogP contribution in [0.2, 0.25) is 0 Å². The monoisotopic (exact) mass is 194 g/mol. The van der Waals surface area contributed by atoms with E-state index in [-0.39, 0.29) is 0 Å². The number of carbonyl (C=O) groups is 1. The predicted octanol–water partition coefficient (Wildman–Crippen LogP) is 2.26. The fraction of sp³-hybridized carbons (Fsp3) is 0.364. The minimum absolute atomic E-state index is 0.350. The molecule has 0 heterocycles. The Labute approximate surface area is 83.3 Å². The van der Waals surface area contributed by atoms with Gasteiger partial charge in [-0.05, 0) is 36.6 Å². The summed E-state index contributed by atoms with van der Waals surface area (Å²) < 4.78 is 5.16. The summed E-state index contributed by atoms with van der Waals surface area (Å²) in [5, 5.41) is 8.91. The lowest BCUT2D eigenvalue weighted by atomic mass is 9.99. The van der Waals surface area contributed by atoms with Crippen molar-refractivity contribution in [2.24, 2.45) is 0 Å². The molecule has 76 valence electrons. The van der Waals surface area contributed by atoms with Crippen molar-refractivity contribution in [3.05, 3.63) is 28.8 Å². The van der Waals surface area contributed by atoms with E-state index in [1.54, 1.807) is 19.2 Å². The minimum atomic E-state index is -0.889. The molecule has 0 spiro atoms. The molecule has 3 heteroatoms. The first kappa shape index (κ1) is 10.6. The molecule has 0 bridgehead atoms. The number of carboxylic acids is 1. The Morgan fingerprint density at radius 2 is 2.14 bits per heavy atom. The normalized spacial score (nSPS) is 9.93. The van der Waals surface area contributed by atoms with Crippen LogP contribution in [0.25, 0.3) is 0 Å². The Morgan fingerprint density at radius 3 is 2.57 bits per heavy atom. The molecule has 0 unspecified atom stereocenters.